The summed E-state index contributed by atoms with van der Waals surface area (Å²) >= 11 is 0. The highest BCUT2D eigenvalue weighted by Gasteiger charge is 2.68. The van der Waals surface area contributed by atoms with Gasteiger partial charge in [0, 0.05) is 5.94 Å². The molecule has 1 heterocycles. The minimum Gasteiger partial charge on any atom is -0.404 e. The average molecular weight is 291 g/mol. The van der Waals surface area contributed by atoms with Crippen LogP contribution in [-0.2, 0) is 9.31 Å². The molecule has 5 aliphatic rings. The Bertz CT molecular complexity index is 425. The summed E-state index contributed by atoms with van der Waals surface area (Å²) < 4.78 is 13.0. The zero-order chi connectivity index (χ0) is 14.8. The van der Waals surface area contributed by atoms with E-state index in [0.29, 0.717) is 23.4 Å². The van der Waals surface area contributed by atoms with Gasteiger partial charge in [-0.2, -0.15) is 0 Å². The Labute approximate surface area is 129 Å². The van der Waals surface area contributed by atoms with Gasteiger partial charge in [0.15, 0.2) is 0 Å². The maximum absolute atomic E-state index is 6.58. The smallest absolute Gasteiger partial charge is 0.404 e. The summed E-state index contributed by atoms with van der Waals surface area (Å²) in [5.41, 5.74) is 0.379. The van der Waals surface area contributed by atoms with Crippen LogP contribution in [0.15, 0.2) is 0 Å². The molecule has 0 amide bonds. The van der Waals surface area contributed by atoms with Crippen LogP contribution in [0.1, 0.15) is 59.3 Å². The Balaban J connectivity index is 1.48. The van der Waals surface area contributed by atoms with Crippen LogP contribution in [0, 0.1) is 23.2 Å². The predicted molar refractivity (Wildman–Crippen MR) is 84.9 cm³/mol. The maximum Gasteiger partial charge on any atom is 0.475 e. The van der Waals surface area contributed by atoms with E-state index in [1.54, 1.807) is 0 Å². The summed E-state index contributed by atoms with van der Waals surface area (Å²) in [6.45, 7) is 7.16. The van der Waals surface area contributed by atoms with Gasteiger partial charge in [-0.05, 0) is 56.4 Å². The number of hydrogen-bond acceptors (Lipinski definition) is 3. The third kappa shape index (κ3) is 1.98. The van der Waals surface area contributed by atoms with Gasteiger partial charge in [0.1, 0.15) is 0 Å². The van der Waals surface area contributed by atoms with E-state index in [4.69, 9.17) is 9.31 Å². The van der Waals surface area contributed by atoms with Crippen LogP contribution in [0.5, 0.6) is 0 Å². The van der Waals surface area contributed by atoms with Crippen molar-refractivity contribution in [2.75, 3.05) is 7.05 Å². The molecule has 0 aromatic heterocycles. The van der Waals surface area contributed by atoms with Crippen molar-refractivity contribution < 1.29 is 9.31 Å². The lowest BCUT2D eigenvalue weighted by molar-refractivity contribution is -0.199. The van der Waals surface area contributed by atoms with E-state index in [2.05, 4.69) is 33.1 Å². The van der Waals surface area contributed by atoms with E-state index < -0.39 is 0 Å². The van der Waals surface area contributed by atoms with Crippen molar-refractivity contribution in [2.24, 2.45) is 23.2 Å². The first-order valence-corrected chi connectivity index (χ1v) is 8.95. The summed E-state index contributed by atoms with van der Waals surface area (Å²) in [5, 5.41) is 3.47. The van der Waals surface area contributed by atoms with Gasteiger partial charge in [-0.1, -0.05) is 33.1 Å². The van der Waals surface area contributed by atoms with Crippen molar-refractivity contribution in [3.63, 3.8) is 0 Å². The van der Waals surface area contributed by atoms with Gasteiger partial charge >= 0.3 is 7.12 Å². The number of hydrogen-bond donors (Lipinski definition) is 1. The van der Waals surface area contributed by atoms with Crippen LogP contribution in [0.2, 0.25) is 0 Å². The average Bonchev–Trinajstić information content (AvgIpc) is 2.73. The van der Waals surface area contributed by atoms with Gasteiger partial charge in [0.2, 0.25) is 0 Å². The lowest BCUT2D eigenvalue weighted by Crippen LogP contribution is -2.65. The molecule has 1 saturated heterocycles. The highest BCUT2D eigenvalue weighted by atomic mass is 16.7. The first-order chi connectivity index (χ1) is 9.95. The van der Waals surface area contributed by atoms with Crippen LogP contribution in [0.25, 0.3) is 0 Å². The van der Waals surface area contributed by atoms with Crippen molar-refractivity contribution in [1.29, 1.82) is 0 Å². The fraction of sp³-hybridized carbons (Fsp3) is 1.00. The Kier molecular flexibility index (Phi) is 3.27. The lowest BCUT2D eigenvalue weighted by Gasteiger charge is -2.64. The van der Waals surface area contributed by atoms with Gasteiger partial charge in [0.05, 0.1) is 11.7 Å². The number of rotatable bonds is 4. The zero-order valence-corrected chi connectivity index (χ0v) is 14.0. The predicted octanol–water partition coefficient (Wildman–Crippen LogP) is 3.03. The molecular weight excluding hydrogens is 261 g/mol. The first kappa shape index (κ1) is 14.5. The van der Waals surface area contributed by atoms with Crippen LogP contribution in [0.3, 0.4) is 0 Å². The molecule has 3 nitrogen and oxygen atoms in total. The monoisotopic (exact) mass is 291 g/mol. The molecule has 0 unspecified atom stereocenters. The third-order valence-corrected chi connectivity index (χ3v) is 7.48. The van der Waals surface area contributed by atoms with E-state index >= 15 is 0 Å². The molecule has 4 saturated carbocycles. The minimum atomic E-state index is -0.0579. The Morgan fingerprint density at radius 3 is 2.57 bits per heavy atom. The van der Waals surface area contributed by atoms with E-state index in [1.807, 2.05) is 0 Å². The van der Waals surface area contributed by atoms with E-state index in [0.717, 1.165) is 11.8 Å². The summed E-state index contributed by atoms with van der Waals surface area (Å²) in [7, 11) is 2.02. The lowest BCUT2D eigenvalue weighted by atomic mass is 9.43. The Morgan fingerprint density at radius 2 is 2.00 bits per heavy atom. The second-order valence-corrected chi connectivity index (χ2v) is 8.76. The highest BCUT2D eigenvalue weighted by Crippen LogP contribution is 2.65. The summed E-state index contributed by atoms with van der Waals surface area (Å²) in [4.78, 5) is 0. The molecule has 5 rings (SSSR count). The summed E-state index contributed by atoms with van der Waals surface area (Å²) in [6.07, 6.45) is 8.25. The van der Waals surface area contributed by atoms with E-state index in [-0.39, 0.29) is 12.7 Å². The number of nitrogens with one attached hydrogen (secondary N) is 1. The van der Waals surface area contributed by atoms with Gasteiger partial charge in [-0.3, -0.25) is 0 Å². The molecule has 1 aliphatic heterocycles. The van der Waals surface area contributed by atoms with Crippen molar-refractivity contribution >= 4 is 7.12 Å². The molecular formula is C17H30BNO2. The first-order valence-electron chi connectivity index (χ1n) is 8.95. The largest absolute Gasteiger partial charge is 0.475 e. The quantitative estimate of drug-likeness (QED) is 0.808. The SMILES string of the molecule is CN[C@@H](CC1CCC1)B1O[C@@H]2C[C@@H]3C[C@@H](C3(C)C)[C@]2(C)O1. The summed E-state index contributed by atoms with van der Waals surface area (Å²) in [6, 6.07) is 0. The molecule has 2 bridgehead atoms. The third-order valence-electron chi connectivity index (χ3n) is 7.48. The normalized spacial score (nSPS) is 45.7. The fourth-order valence-corrected chi connectivity index (χ4v) is 5.52. The fourth-order valence-electron chi connectivity index (χ4n) is 5.52. The molecule has 4 aliphatic carbocycles. The summed E-state index contributed by atoms with van der Waals surface area (Å²) in [5.74, 6) is 2.75. The maximum atomic E-state index is 6.58. The molecule has 4 heteroatoms. The standard InChI is InChI=1S/C17H30BNO2/c1-16(2)12-9-13(16)17(3)14(10-12)20-18(21-17)15(19-4)8-11-6-5-7-11/h11-15,19H,5-10H2,1-4H3/t12-,13-,14+,15-,17-/m0/s1. The van der Waals surface area contributed by atoms with Crippen LogP contribution >= 0.6 is 0 Å². The minimum absolute atomic E-state index is 0.0410. The van der Waals surface area contributed by atoms with Crippen molar-refractivity contribution in [3.05, 3.63) is 0 Å². The second-order valence-electron chi connectivity index (χ2n) is 8.76. The van der Waals surface area contributed by atoms with Crippen molar-refractivity contribution in [2.45, 2.75) is 76.9 Å². The highest BCUT2D eigenvalue weighted by molar-refractivity contribution is 6.47. The van der Waals surface area contributed by atoms with Gasteiger partial charge in [-0.15, -0.1) is 0 Å². The Morgan fingerprint density at radius 1 is 1.24 bits per heavy atom. The molecule has 5 fully saturated rings. The molecule has 118 valence electrons. The topological polar surface area (TPSA) is 30.5 Å². The molecule has 0 radical (unpaired) electrons. The second kappa shape index (κ2) is 4.72. The van der Waals surface area contributed by atoms with E-state index in [9.17, 15) is 0 Å². The van der Waals surface area contributed by atoms with E-state index in [1.165, 1.54) is 38.5 Å². The molecule has 21 heavy (non-hydrogen) atoms. The molecule has 0 aromatic rings. The van der Waals surface area contributed by atoms with Gasteiger partial charge in [0.25, 0.3) is 0 Å². The molecule has 1 N–H and O–H groups in total. The Hall–Kier alpha value is -0.0551. The van der Waals surface area contributed by atoms with Gasteiger partial charge < -0.3 is 14.6 Å². The van der Waals surface area contributed by atoms with Crippen molar-refractivity contribution in [1.82, 2.24) is 5.32 Å². The molecule has 0 aromatic carbocycles. The van der Waals surface area contributed by atoms with Crippen LogP contribution in [0.4, 0.5) is 0 Å². The van der Waals surface area contributed by atoms with Crippen LogP contribution < -0.4 is 5.32 Å². The zero-order valence-electron chi connectivity index (χ0n) is 14.0. The molecule has 0 spiro atoms. The molecule has 5 atom stereocenters. The van der Waals surface area contributed by atoms with Crippen molar-refractivity contribution in [3.8, 4) is 0 Å². The van der Waals surface area contributed by atoms with Crippen LogP contribution in [-0.4, -0.2) is 31.8 Å². The van der Waals surface area contributed by atoms with Gasteiger partial charge in [-0.25, -0.2) is 0 Å².